The van der Waals surface area contributed by atoms with Gasteiger partial charge < -0.3 is 10.2 Å². The first-order chi connectivity index (χ1) is 5.70. The molecule has 64 valence electrons. The van der Waals surface area contributed by atoms with Crippen molar-refractivity contribution in [1.82, 2.24) is 4.98 Å². The first-order valence-electron chi connectivity index (χ1n) is 3.50. The predicted octanol–water partition coefficient (Wildman–Crippen LogP) is 0.590. The number of hydrogen-bond donors (Lipinski definition) is 2. The van der Waals surface area contributed by atoms with Crippen LogP contribution in [0, 0.1) is 0 Å². The van der Waals surface area contributed by atoms with Gasteiger partial charge in [0, 0.05) is 12.4 Å². The Kier molecular flexibility index (Phi) is 2.76. The van der Waals surface area contributed by atoms with E-state index >= 15 is 0 Å². The quantitative estimate of drug-likeness (QED) is 0.691. The van der Waals surface area contributed by atoms with Gasteiger partial charge in [-0.15, -0.1) is 0 Å². The fourth-order valence-corrected chi connectivity index (χ4v) is 0.856. The van der Waals surface area contributed by atoms with Crippen LogP contribution in [0.25, 0.3) is 0 Å². The highest BCUT2D eigenvalue weighted by Gasteiger charge is 2.10. The minimum atomic E-state index is -1.02. The van der Waals surface area contributed by atoms with E-state index in [-0.39, 0.29) is 6.42 Å². The number of hydrogen-bond acceptors (Lipinski definition) is 3. The molecule has 1 atom stereocenters. The Morgan fingerprint density at radius 2 is 2.42 bits per heavy atom. The monoisotopic (exact) mass is 167 g/mol. The molecule has 0 aliphatic heterocycles. The molecule has 0 saturated heterocycles. The molecule has 1 aromatic heterocycles. The van der Waals surface area contributed by atoms with Gasteiger partial charge in [-0.2, -0.15) is 0 Å². The Hall–Kier alpha value is -1.42. The van der Waals surface area contributed by atoms with E-state index in [1.165, 1.54) is 6.20 Å². The van der Waals surface area contributed by atoms with Crippen LogP contribution in [0.3, 0.4) is 0 Å². The van der Waals surface area contributed by atoms with Crippen LogP contribution in [0.2, 0.25) is 0 Å². The normalized spacial score (nSPS) is 12.4. The van der Waals surface area contributed by atoms with Crippen LogP contribution in [0.1, 0.15) is 18.1 Å². The molecule has 4 nitrogen and oxygen atoms in total. The summed E-state index contributed by atoms with van der Waals surface area (Å²) in [6.45, 7) is 0. The van der Waals surface area contributed by atoms with Gasteiger partial charge in [-0.05, 0) is 11.6 Å². The Morgan fingerprint density at radius 3 is 2.92 bits per heavy atom. The first-order valence-corrected chi connectivity index (χ1v) is 3.50. The molecule has 1 rings (SSSR count). The molecule has 0 aliphatic rings. The summed E-state index contributed by atoms with van der Waals surface area (Å²) in [4.78, 5) is 14.0. The molecule has 1 heterocycles. The second-order valence-electron chi connectivity index (χ2n) is 2.40. The number of aliphatic hydroxyl groups is 1. The molecule has 0 bridgehead atoms. The molecular weight excluding hydrogens is 158 g/mol. The summed E-state index contributed by atoms with van der Waals surface area (Å²) in [6.07, 6.45) is 1.77. The lowest BCUT2D eigenvalue weighted by atomic mass is 10.1. The van der Waals surface area contributed by atoms with Crippen LogP contribution in [-0.2, 0) is 4.79 Å². The zero-order chi connectivity index (χ0) is 8.97. The van der Waals surface area contributed by atoms with Crippen molar-refractivity contribution in [2.24, 2.45) is 0 Å². The number of carbonyl (C=O) groups is 1. The number of aromatic nitrogens is 1. The summed E-state index contributed by atoms with van der Waals surface area (Å²) >= 11 is 0. The fraction of sp³-hybridized carbons (Fsp3) is 0.250. The van der Waals surface area contributed by atoms with E-state index < -0.39 is 12.1 Å². The van der Waals surface area contributed by atoms with Gasteiger partial charge in [-0.3, -0.25) is 9.78 Å². The van der Waals surface area contributed by atoms with Gasteiger partial charge in [0.05, 0.1) is 12.5 Å². The molecule has 12 heavy (non-hydrogen) atoms. The van der Waals surface area contributed by atoms with Crippen molar-refractivity contribution in [2.75, 3.05) is 0 Å². The minimum Gasteiger partial charge on any atom is -0.481 e. The van der Waals surface area contributed by atoms with Gasteiger partial charge in [0.25, 0.3) is 0 Å². The first kappa shape index (κ1) is 8.67. The van der Waals surface area contributed by atoms with E-state index in [2.05, 4.69) is 4.98 Å². The average molecular weight is 167 g/mol. The van der Waals surface area contributed by atoms with Crippen molar-refractivity contribution < 1.29 is 15.0 Å². The highest BCUT2D eigenvalue weighted by molar-refractivity contribution is 5.67. The number of rotatable bonds is 3. The largest absolute Gasteiger partial charge is 0.481 e. The van der Waals surface area contributed by atoms with Crippen molar-refractivity contribution >= 4 is 5.97 Å². The van der Waals surface area contributed by atoms with Crippen LogP contribution in [-0.4, -0.2) is 21.2 Å². The van der Waals surface area contributed by atoms with Crippen LogP contribution in [0.15, 0.2) is 24.5 Å². The van der Waals surface area contributed by atoms with Crippen LogP contribution in [0.5, 0.6) is 0 Å². The van der Waals surface area contributed by atoms with E-state index in [0.29, 0.717) is 5.56 Å². The van der Waals surface area contributed by atoms with Gasteiger partial charge in [-0.25, -0.2) is 0 Å². The molecule has 0 spiro atoms. The Bertz CT molecular complexity index is 260. The number of carboxylic acid groups (broad SMARTS) is 1. The van der Waals surface area contributed by atoms with E-state index in [4.69, 9.17) is 5.11 Å². The van der Waals surface area contributed by atoms with E-state index in [9.17, 15) is 9.90 Å². The van der Waals surface area contributed by atoms with Crippen LogP contribution >= 0.6 is 0 Å². The molecule has 0 saturated carbocycles. The summed E-state index contributed by atoms with van der Waals surface area (Å²) in [5, 5.41) is 17.6. The maximum atomic E-state index is 10.2. The van der Waals surface area contributed by atoms with Crippen molar-refractivity contribution in [3.05, 3.63) is 30.1 Å². The van der Waals surface area contributed by atoms with Gasteiger partial charge >= 0.3 is 5.97 Å². The Labute approximate surface area is 69.5 Å². The molecule has 0 aromatic carbocycles. The maximum absolute atomic E-state index is 10.2. The predicted molar refractivity (Wildman–Crippen MR) is 41.4 cm³/mol. The number of aliphatic hydroxyl groups excluding tert-OH is 1. The highest BCUT2D eigenvalue weighted by Crippen LogP contribution is 2.13. The SMILES string of the molecule is O=C(O)C[C@@H](O)c1cccnc1. The van der Waals surface area contributed by atoms with E-state index in [1.54, 1.807) is 18.3 Å². The molecular formula is C8H9NO3. The van der Waals surface area contributed by atoms with Crippen molar-refractivity contribution in [1.29, 1.82) is 0 Å². The minimum absolute atomic E-state index is 0.286. The Morgan fingerprint density at radius 1 is 1.67 bits per heavy atom. The highest BCUT2D eigenvalue weighted by atomic mass is 16.4. The zero-order valence-corrected chi connectivity index (χ0v) is 6.34. The van der Waals surface area contributed by atoms with Gasteiger partial charge in [0.1, 0.15) is 0 Å². The maximum Gasteiger partial charge on any atom is 0.306 e. The molecule has 0 aliphatic carbocycles. The van der Waals surface area contributed by atoms with Gasteiger partial charge in [-0.1, -0.05) is 6.07 Å². The zero-order valence-electron chi connectivity index (χ0n) is 6.34. The number of nitrogens with zero attached hydrogens (tertiary/aromatic N) is 1. The number of aliphatic carboxylic acids is 1. The van der Waals surface area contributed by atoms with E-state index in [1.807, 2.05) is 0 Å². The third kappa shape index (κ3) is 2.32. The standard InChI is InChI=1S/C8H9NO3/c10-7(4-8(11)12)6-2-1-3-9-5-6/h1-3,5,7,10H,4H2,(H,11,12)/t7-/m1/s1. The second kappa shape index (κ2) is 3.82. The summed E-state index contributed by atoms with van der Waals surface area (Å²) in [6, 6.07) is 3.29. The van der Waals surface area contributed by atoms with Gasteiger partial charge in [0.2, 0.25) is 0 Å². The lowest BCUT2D eigenvalue weighted by molar-refractivity contribution is -0.139. The molecule has 2 N–H and O–H groups in total. The average Bonchev–Trinajstić information content (AvgIpc) is 2.05. The van der Waals surface area contributed by atoms with Crippen LogP contribution in [0.4, 0.5) is 0 Å². The molecule has 0 radical (unpaired) electrons. The van der Waals surface area contributed by atoms with Crippen molar-refractivity contribution in [2.45, 2.75) is 12.5 Å². The fourth-order valence-electron chi connectivity index (χ4n) is 0.856. The lowest BCUT2D eigenvalue weighted by Gasteiger charge is -2.05. The molecule has 0 fully saturated rings. The summed E-state index contributed by atoms with van der Waals surface area (Å²) in [5.74, 6) is -1.02. The smallest absolute Gasteiger partial charge is 0.306 e. The Balaban J connectivity index is 2.65. The number of pyridine rings is 1. The summed E-state index contributed by atoms with van der Waals surface area (Å²) in [7, 11) is 0. The second-order valence-corrected chi connectivity index (χ2v) is 2.40. The van der Waals surface area contributed by atoms with Gasteiger partial charge in [0.15, 0.2) is 0 Å². The topological polar surface area (TPSA) is 70.4 Å². The van der Waals surface area contributed by atoms with Crippen molar-refractivity contribution in [3.8, 4) is 0 Å². The third-order valence-electron chi connectivity index (χ3n) is 1.44. The molecule has 0 amide bonds. The summed E-state index contributed by atoms with van der Waals surface area (Å²) < 4.78 is 0. The summed E-state index contributed by atoms with van der Waals surface area (Å²) in [5.41, 5.74) is 0.528. The van der Waals surface area contributed by atoms with Crippen LogP contribution < -0.4 is 0 Å². The van der Waals surface area contributed by atoms with E-state index in [0.717, 1.165) is 0 Å². The molecule has 0 unspecified atom stereocenters. The lowest BCUT2D eigenvalue weighted by Crippen LogP contribution is -2.05. The number of carboxylic acids is 1. The molecule has 1 aromatic rings. The van der Waals surface area contributed by atoms with Crippen molar-refractivity contribution in [3.63, 3.8) is 0 Å². The molecule has 4 heteroatoms. The third-order valence-corrected chi connectivity index (χ3v) is 1.44.